The van der Waals surface area contributed by atoms with E-state index in [9.17, 15) is 27.9 Å². The van der Waals surface area contributed by atoms with E-state index in [1.165, 1.54) is 19.4 Å². The topological polar surface area (TPSA) is 107 Å². The van der Waals surface area contributed by atoms with Gasteiger partial charge in [0.25, 0.3) is 0 Å². The van der Waals surface area contributed by atoms with Gasteiger partial charge in [-0.2, -0.15) is 13.2 Å². The summed E-state index contributed by atoms with van der Waals surface area (Å²) in [7, 11) is 1.41. The van der Waals surface area contributed by atoms with E-state index in [1.807, 2.05) is 20.8 Å². The lowest BCUT2D eigenvalue weighted by Crippen LogP contribution is -2.32. The van der Waals surface area contributed by atoms with Gasteiger partial charge in [-0.05, 0) is 29.5 Å². The highest BCUT2D eigenvalue weighted by Gasteiger charge is 2.34. The minimum absolute atomic E-state index is 0.195. The van der Waals surface area contributed by atoms with Crippen molar-refractivity contribution in [1.29, 1.82) is 0 Å². The van der Waals surface area contributed by atoms with Crippen LogP contribution in [0.15, 0.2) is 40.4 Å². The van der Waals surface area contributed by atoms with Crippen LogP contribution in [-0.4, -0.2) is 41.7 Å². The molecule has 1 aromatic heterocycles. The zero-order chi connectivity index (χ0) is 25.4. The van der Waals surface area contributed by atoms with Gasteiger partial charge in [-0.15, -0.1) is 0 Å². The molecule has 0 saturated carbocycles. The van der Waals surface area contributed by atoms with Crippen LogP contribution in [0.3, 0.4) is 0 Å². The number of rotatable bonds is 5. The van der Waals surface area contributed by atoms with E-state index in [0.29, 0.717) is 29.0 Å². The molecule has 7 nitrogen and oxygen atoms in total. The molecule has 0 aliphatic carbocycles. The molecule has 0 radical (unpaired) electrons. The number of benzene rings is 1. The van der Waals surface area contributed by atoms with Gasteiger partial charge in [-0.3, -0.25) is 9.79 Å². The molecule has 0 amide bonds. The summed E-state index contributed by atoms with van der Waals surface area (Å²) in [5, 5.41) is 9.45. The van der Waals surface area contributed by atoms with E-state index in [0.717, 1.165) is 18.0 Å². The van der Waals surface area contributed by atoms with Gasteiger partial charge in [0.15, 0.2) is 5.43 Å². The summed E-state index contributed by atoms with van der Waals surface area (Å²) >= 11 is 0. The van der Waals surface area contributed by atoms with Crippen molar-refractivity contribution in [3.8, 4) is 17.0 Å². The van der Waals surface area contributed by atoms with Gasteiger partial charge in [0.2, 0.25) is 0 Å². The van der Waals surface area contributed by atoms with Crippen LogP contribution in [0.5, 0.6) is 5.75 Å². The molecule has 3 rings (SSSR count). The van der Waals surface area contributed by atoms with Crippen molar-refractivity contribution in [2.45, 2.75) is 39.4 Å². The van der Waals surface area contributed by atoms with E-state index >= 15 is 0 Å². The highest BCUT2D eigenvalue weighted by molar-refractivity contribution is 6.11. The number of ether oxygens (including phenoxy) is 1. The maximum absolute atomic E-state index is 12.5. The van der Waals surface area contributed by atoms with Crippen LogP contribution in [0.2, 0.25) is 0 Å². The number of carboxylic acid groups (broad SMARTS) is 1. The van der Waals surface area contributed by atoms with Gasteiger partial charge in [0.05, 0.1) is 12.8 Å². The predicted octanol–water partition coefficient (Wildman–Crippen LogP) is 4.30. The van der Waals surface area contributed by atoms with Crippen LogP contribution in [0.4, 0.5) is 13.2 Å². The van der Waals surface area contributed by atoms with Crippen molar-refractivity contribution in [2.24, 2.45) is 16.1 Å². The van der Waals surface area contributed by atoms with Crippen molar-refractivity contribution in [3.05, 3.63) is 57.5 Å². The number of pyridine rings is 1. The third-order valence-corrected chi connectivity index (χ3v) is 5.75. The fraction of sp³-hybridized carbons (Fsp3) is 0.375. The number of hydrogen-bond acceptors (Lipinski definition) is 5. The minimum atomic E-state index is -4.44. The van der Waals surface area contributed by atoms with Crippen LogP contribution in [0.1, 0.15) is 48.3 Å². The van der Waals surface area contributed by atoms with Crippen molar-refractivity contribution in [1.82, 2.24) is 4.57 Å². The Morgan fingerprint density at radius 1 is 1.26 bits per heavy atom. The van der Waals surface area contributed by atoms with E-state index in [4.69, 9.17) is 10.5 Å². The maximum atomic E-state index is 12.5. The minimum Gasteiger partial charge on any atom is -0.496 e. The van der Waals surface area contributed by atoms with Crippen molar-refractivity contribution in [3.63, 3.8) is 0 Å². The lowest BCUT2D eigenvalue weighted by molar-refractivity contribution is -0.118. The Bertz CT molecular complexity index is 1240. The van der Waals surface area contributed by atoms with E-state index in [-0.39, 0.29) is 22.6 Å². The van der Waals surface area contributed by atoms with Crippen LogP contribution in [-0.2, 0) is 6.42 Å². The first-order chi connectivity index (χ1) is 15.8. The normalized spacial score (nSPS) is 16.3. The summed E-state index contributed by atoms with van der Waals surface area (Å²) in [5.41, 5.74) is 7.18. The summed E-state index contributed by atoms with van der Waals surface area (Å²) in [6.07, 6.45) is -0.371. The first-order valence-electron chi connectivity index (χ1n) is 10.5. The zero-order valence-electron chi connectivity index (χ0n) is 19.2. The molecular formula is C24H26F3N3O4. The van der Waals surface area contributed by atoms with Crippen molar-refractivity contribution >= 4 is 17.8 Å². The fourth-order valence-corrected chi connectivity index (χ4v) is 4.09. The largest absolute Gasteiger partial charge is 0.496 e. The number of halogens is 3. The lowest BCUT2D eigenvalue weighted by Gasteiger charge is -2.39. The summed E-state index contributed by atoms with van der Waals surface area (Å²) < 4.78 is 44.9. The monoisotopic (exact) mass is 477 g/mol. The molecule has 2 heterocycles. The van der Waals surface area contributed by atoms with E-state index in [2.05, 4.69) is 4.99 Å². The third kappa shape index (κ3) is 5.00. The van der Waals surface area contributed by atoms with E-state index in [1.54, 1.807) is 16.7 Å². The number of carboxylic acids is 1. The fourth-order valence-electron chi connectivity index (χ4n) is 4.09. The Hall–Kier alpha value is -3.56. The van der Waals surface area contributed by atoms with Gasteiger partial charge in [-0.1, -0.05) is 20.8 Å². The first kappa shape index (κ1) is 25.1. The smallest absolute Gasteiger partial charge is 0.407 e. The average molecular weight is 477 g/mol. The van der Waals surface area contributed by atoms with Gasteiger partial charge in [-0.25, -0.2) is 4.79 Å². The summed E-state index contributed by atoms with van der Waals surface area (Å²) in [6.45, 7) is 4.67. The molecule has 0 fully saturated rings. The molecule has 0 bridgehead atoms. The second-order valence-electron chi connectivity index (χ2n) is 9.15. The number of methoxy groups -OCH3 is 1. The zero-order valence-corrected chi connectivity index (χ0v) is 19.2. The summed E-state index contributed by atoms with van der Waals surface area (Å²) in [4.78, 5) is 27.5. The number of hydrogen-bond donors (Lipinski definition) is 2. The Morgan fingerprint density at radius 2 is 1.94 bits per heavy atom. The molecule has 2 aromatic rings. The number of alkyl halides is 3. The number of aromatic carboxylic acids is 1. The number of fused-ring (bicyclic) bond motifs is 3. The number of carbonyl (C=O) groups is 1. The molecular weight excluding hydrogens is 451 g/mol. The van der Waals surface area contributed by atoms with Crippen LogP contribution in [0.25, 0.3) is 16.8 Å². The van der Waals surface area contributed by atoms with Crippen LogP contribution in [0, 0.1) is 5.41 Å². The first-order valence-corrected chi connectivity index (χ1v) is 10.5. The molecule has 1 aliphatic heterocycles. The number of nitrogens with two attached hydrogens (primary N) is 1. The highest BCUT2D eigenvalue weighted by Crippen LogP contribution is 2.44. The molecule has 1 aromatic carbocycles. The Labute approximate surface area is 194 Å². The second-order valence-corrected chi connectivity index (χ2v) is 9.15. The predicted molar refractivity (Wildman–Crippen MR) is 123 cm³/mol. The molecule has 182 valence electrons. The SMILES string of the molecule is COc1cc2c(cc1C(C=NCC(F)(F)F)=CN)CC(C(C)(C)C)n1cc(C(=O)O)c(=O)cc1-2. The lowest BCUT2D eigenvalue weighted by atomic mass is 9.78. The van der Waals surface area contributed by atoms with Crippen molar-refractivity contribution in [2.75, 3.05) is 13.7 Å². The highest BCUT2D eigenvalue weighted by atomic mass is 19.4. The van der Waals surface area contributed by atoms with Gasteiger partial charge in [0.1, 0.15) is 17.9 Å². The van der Waals surface area contributed by atoms with E-state index < -0.39 is 24.1 Å². The molecule has 10 heteroatoms. The quantitative estimate of drug-likeness (QED) is 0.625. The number of aliphatic imine (C=N–C) groups is 1. The maximum Gasteiger partial charge on any atom is 0.407 e. The third-order valence-electron chi connectivity index (χ3n) is 5.75. The van der Waals surface area contributed by atoms with Crippen LogP contribution >= 0.6 is 0 Å². The Kier molecular flexibility index (Phi) is 6.64. The number of aromatic nitrogens is 1. The molecule has 1 aliphatic rings. The molecule has 0 spiro atoms. The average Bonchev–Trinajstić information content (AvgIpc) is 2.73. The molecule has 0 saturated heterocycles. The Morgan fingerprint density at radius 3 is 2.47 bits per heavy atom. The van der Waals surface area contributed by atoms with Gasteiger partial charge in [0, 0.05) is 47.4 Å². The molecule has 3 N–H and O–H groups in total. The molecule has 34 heavy (non-hydrogen) atoms. The summed E-state index contributed by atoms with van der Waals surface area (Å²) in [5.74, 6) is -0.980. The van der Waals surface area contributed by atoms with Crippen LogP contribution < -0.4 is 15.9 Å². The molecule has 1 atom stereocenters. The Balaban J connectivity index is 2.22. The standard InChI is InChI=1S/C24H26F3N3O4/c1-23(2,3)21-6-13-5-16(14(9-28)10-29-12-24(25,26)27)20(34-4)7-15(13)18-8-19(31)17(22(32)33)11-30(18)21/h5,7-11,21H,6,12,28H2,1-4H3,(H,32,33). The van der Waals surface area contributed by atoms with Gasteiger partial charge < -0.3 is 20.1 Å². The number of allylic oxidation sites excluding steroid dienone is 1. The van der Waals surface area contributed by atoms with Gasteiger partial charge >= 0.3 is 12.1 Å². The number of nitrogens with zero attached hydrogens (tertiary/aromatic N) is 2. The van der Waals surface area contributed by atoms with Crippen molar-refractivity contribution < 1.29 is 27.8 Å². The molecule has 1 unspecified atom stereocenters. The summed E-state index contributed by atoms with van der Waals surface area (Å²) in [6, 6.07) is 4.55. The second kappa shape index (κ2) is 9.00.